The summed E-state index contributed by atoms with van der Waals surface area (Å²) in [5.41, 5.74) is 6.34. The second-order valence-corrected chi connectivity index (χ2v) is 6.56. The van der Waals surface area contributed by atoms with Gasteiger partial charge in [-0.2, -0.15) is 0 Å². The summed E-state index contributed by atoms with van der Waals surface area (Å²) >= 11 is 6.20. The van der Waals surface area contributed by atoms with Gasteiger partial charge in [0.15, 0.2) is 0 Å². The summed E-state index contributed by atoms with van der Waals surface area (Å²) in [4.78, 5) is 11.1. The van der Waals surface area contributed by atoms with Crippen LogP contribution in [0.5, 0.6) is 0 Å². The second-order valence-electron chi connectivity index (χ2n) is 6.15. The smallest absolute Gasteiger partial charge is 0.267 e. The van der Waals surface area contributed by atoms with Gasteiger partial charge in [-0.05, 0) is 60.2 Å². The third-order valence-electron chi connectivity index (χ3n) is 4.53. The predicted octanol–water partition coefficient (Wildman–Crippen LogP) is 3.68. The molecule has 1 aliphatic carbocycles. The number of benzene rings is 2. The molecule has 0 saturated heterocycles. The molecule has 0 spiro atoms. The molecule has 4 nitrogen and oxygen atoms in total. The topological polar surface area (TPSA) is 61.4 Å². The molecule has 130 valence electrons. The largest absolute Gasteiger partial charge is 0.310 e. The maximum absolute atomic E-state index is 11.1. The lowest BCUT2D eigenvalue weighted by molar-refractivity contribution is -0.124. The van der Waals surface area contributed by atoms with Crippen molar-refractivity contribution in [2.24, 2.45) is 0 Å². The molecule has 0 bridgehead atoms. The minimum atomic E-state index is -0.528. The first kappa shape index (κ1) is 17.7. The SMILES string of the molecule is O=C(C=Cc1ccc2c(c1)CCC2NCCc1ccccc1Cl)NO. The zero-order chi connectivity index (χ0) is 17.6. The molecule has 1 amide bonds. The van der Waals surface area contributed by atoms with Crippen LogP contribution in [0.3, 0.4) is 0 Å². The molecular weight excluding hydrogens is 336 g/mol. The number of halogens is 1. The molecular formula is C20H21ClN2O2. The van der Waals surface area contributed by atoms with Crippen molar-refractivity contribution in [2.75, 3.05) is 6.54 Å². The van der Waals surface area contributed by atoms with Crippen LogP contribution in [0.1, 0.15) is 34.7 Å². The van der Waals surface area contributed by atoms with Crippen LogP contribution < -0.4 is 10.8 Å². The Hall–Kier alpha value is -2.14. The van der Waals surface area contributed by atoms with Gasteiger partial charge in [0.1, 0.15) is 0 Å². The number of hydrogen-bond acceptors (Lipinski definition) is 3. The average molecular weight is 357 g/mol. The van der Waals surface area contributed by atoms with E-state index < -0.39 is 5.91 Å². The molecule has 3 N–H and O–H groups in total. The normalized spacial score (nSPS) is 16.2. The Kier molecular flexibility index (Phi) is 5.87. The highest BCUT2D eigenvalue weighted by molar-refractivity contribution is 6.31. The van der Waals surface area contributed by atoms with E-state index in [-0.39, 0.29) is 0 Å². The van der Waals surface area contributed by atoms with Gasteiger partial charge in [0.2, 0.25) is 0 Å². The number of aryl methyl sites for hydroxylation is 1. The minimum absolute atomic E-state index is 0.358. The Morgan fingerprint density at radius 3 is 2.92 bits per heavy atom. The van der Waals surface area contributed by atoms with E-state index in [0.29, 0.717) is 6.04 Å². The van der Waals surface area contributed by atoms with Crippen LogP contribution in [-0.4, -0.2) is 17.7 Å². The molecule has 0 saturated carbocycles. The van der Waals surface area contributed by atoms with E-state index in [1.807, 2.05) is 24.3 Å². The molecule has 3 rings (SSSR count). The lowest BCUT2D eigenvalue weighted by atomic mass is 10.0. The Bertz CT molecular complexity index is 789. The number of fused-ring (bicyclic) bond motifs is 1. The van der Waals surface area contributed by atoms with Crippen molar-refractivity contribution in [3.8, 4) is 0 Å². The van der Waals surface area contributed by atoms with Crippen molar-refractivity contribution in [2.45, 2.75) is 25.3 Å². The standard InChI is InChI=1S/C20H21ClN2O2/c21-18-4-2-1-3-15(18)11-12-22-19-9-7-16-13-14(5-8-17(16)19)6-10-20(24)23-25/h1-6,8,10,13,19,22,25H,7,9,11-12H2,(H,23,24). The monoisotopic (exact) mass is 356 g/mol. The summed E-state index contributed by atoms with van der Waals surface area (Å²) in [6, 6.07) is 14.5. The van der Waals surface area contributed by atoms with E-state index in [1.165, 1.54) is 17.2 Å². The van der Waals surface area contributed by atoms with Crippen molar-refractivity contribution in [1.29, 1.82) is 0 Å². The highest BCUT2D eigenvalue weighted by atomic mass is 35.5. The van der Waals surface area contributed by atoms with Gasteiger partial charge in [-0.1, -0.05) is 48.0 Å². The molecule has 0 fully saturated rings. The number of carbonyl (C=O) groups excluding carboxylic acids is 1. The van der Waals surface area contributed by atoms with Gasteiger partial charge in [-0.3, -0.25) is 10.0 Å². The molecule has 1 aliphatic rings. The third kappa shape index (κ3) is 4.48. The Morgan fingerprint density at radius 1 is 1.28 bits per heavy atom. The quantitative estimate of drug-likeness (QED) is 0.420. The number of rotatable bonds is 6. The van der Waals surface area contributed by atoms with Gasteiger partial charge in [-0.25, -0.2) is 5.48 Å². The van der Waals surface area contributed by atoms with Crippen molar-refractivity contribution in [1.82, 2.24) is 10.8 Å². The van der Waals surface area contributed by atoms with Crippen LogP contribution in [0.15, 0.2) is 48.5 Å². The summed E-state index contributed by atoms with van der Waals surface area (Å²) in [5, 5.41) is 13.0. The van der Waals surface area contributed by atoms with Crippen LogP contribution in [-0.2, 0) is 17.6 Å². The van der Waals surface area contributed by atoms with E-state index in [2.05, 4.69) is 23.5 Å². The number of amides is 1. The van der Waals surface area contributed by atoms with Crippen LogP contribution in [0, 0.1) is 0 Å². The lowest BCUT2D eigenvalue weighted by Gasteiger charge is -2.14. The molecule has 0 aliphatic heterocycles. The summed E-state index contributed by atoms with van der Waals surface area (Å²) in [7, 11) is 0. The molecule has 0 aromatic heterocycles. The average Bonchev–Trinajstić information content (AvgIpc) is 3.03. The Balaban J connectivity index is 1.59. The van der Waals surface area contributed by atoms with E-state index in [1.54, 1.807) is 11.6 Å². The summed E-state index contributed by atoms with van der Waals surface area (Å²) in [6.45, 7) is 0.881. The van der Waals surface area contributed by atoms with Crippen LogP contribution in [0.2, 0.25) is 5.02 Å². The van der Waals surface area contributed by atoms with Crippen LogP contribution in [0.25, 0.3) is 6.08 Å². The van der Waals surface area contributed by atoms with Gasteiger partial charge < -0.3 is 5.32 Å². The predicted molar refractivity (Wildman–Crippen MR) is 99.6 cm³/mol. The van der Waals surface area contributed by atoms with Gasteiger partial charge >= 0.3 is 0 Å². The van der Waals surface area contributed by atoms with E-state index in [9.17, 15) is 4.79 Å². The van der Waals surface area contributed by atoms with Crippen molar-refractivity contribution >= 4 is 23.6 Å². The van der Waals surface area contributed by atoms with Gasteiger partial charge in [0, 0.05) is 17.1 Å². The Morgan fingerprint density at radius 2 is 2.12 bits per heavy atom. The fourth-order valence-corrected chi connectivity index (χ4v) is 3.47. The summed E-state index contributed by atoms with van der Waals surface area (Å²) in [6.07, 6.45) is 6.01. The van der Waals surface area contributed by atoms with Crippen molar-refractivity contribution < 1.29 is 10.0 Å². The third-order valence-corrected chi connectivity index (χ3v) is 4.89. The maximum Gasteiger partial charge on any atom is 0.267 e. The zero-order valence-corrected chi connectivity index (χ0v) is 14.6. The highest BCUT2D eigenvalue weighted by Gasteiger charge is 2.21. The fraction of sp³-hybridized carbons (Fsp3) is 0.250. The van der Waals surface area contributed by atoms with Crippen LogP contribution >= 0.6 is 11.6 Å². The molecule has 0 heterocycles. The first-order valence-electron chi connectivity index (χ1n) is 8.39. The van der Waals surface area contributed by atoms with Gasteiger partial charge in [-0.15, -0.1) is 0 Å². The molecule has 1 unspecified atom stereocenters. The van der Waals surface area contributed by atoms with Crippen LogP contribution in [0.4, 0.5) is 0 Å². The fourth-order valence-electron chi connectivity index (χ4n) is 3.24. The molecule has 5 heteroatoms. The molecule has 2 aromatic carbocycles. The molecule has 2 aromatic rings. The lowest BCUT2D eigenvalue weighted by Crippen LogP contribution is -2.22. The zero-order valence-electron chi connectivity index (χ0n) is 13.8. The minimum Gasteiger partial charge on any atom is -0.310 e. The molecule has 1 atom stereocenters. The van der Waals surface area contributed by atoms with Crippen molar-refractivity contribution in [3.05, 3.63) is 75.8 Å². The summed E-state index contributed by atoms with van der Waals surface area (Å²) in [5.74, 6) is -0.528. The first-order chi connectivity index (χ1) is 12.2. The molecule has 25 heavy (non-hydrogen) atoms. The van der Waals surface area contributed by atoms with E-state index in [4.69, 9.17) is 16.8 Å². The first-order valence-corrected chi connectivity index (χ1v) is 8.77. The maximum atomic E-state index is 11.1. The van der Waals surface area contributed by atoms with Crippen molar-refractivity contribution in [3.63, 3.8) is 0 Å². The molecule has 0 radical (unpaired) electrons. The highest BCUT2D eigenvalue weighted by Crippen LogP contribution is 2.32. The Labute approximate surface area is 152 Å². The number of carbonyl (C=O) groups is 1. The number of hydroxylamine groups is 1. The summed E-state index contributed by atoms with van der Waals surface area (Å²) < 4.78 is 0. The number of hydrogen-bond donors (Lipinski definition) is 3. The van der Waals surface area contributed by atoms with E-state index in [0.717, 1.165) is 42.0 Å². The number of nitrogens with one attached hydrogen (secondary N) is 2. The van der Waals surface area contributed by atoms with Gasteiger partial charge in [0.25, 0.3) is 5.91 Å². The van der Waals surface area contributed by atoms with Gasteiger partial charge in [0.05, 0.1) is 0 Å². The second kappa shape index (κ2) is 8.30. The van der Waals surface area contributed by atoms with E-state index >= 15 is 0 Å².